The van der Waals surface area contributed by atoms with E-state index in [4.69, 9.17) is 9.47 Å². The van der Waals surface area contributed by atoms with E-state index in [2.05, 4.69) is 0 Å². The van der Waals surface area contributed by atoms with Crippen LogP contribution in [0.3, 0.4) is 0 Å². The van der Waals surface area contributed by atoms with E-state index in [1.165, 1.54) is 25.2 Å². The number of aryl methyl sites for hydroxylation is 1. The zero-order valence-electron chi connectivity index (χ0n) is 15.4. The first-order chi connectivity index (χ1) is 12.8. The molecule has 0 aliphatic carbocycles. The summed E-state index contributed by atoms with van der Waals surface area (Å²) in [6.07, 6.45) is 1.53. The topological polar surface area (TPSA) is 72.9 Å². The van der Waals surface area contributed by atoms with E-state index in [-0.39, 0.29) is 11.7 Å². The lowest BCUT2D eigenvalue weighted by Crippen LogP contribution is -2.41. The highest BCUT2D eigenvalue weighted by atomic mass is 32.2. The van der Waals surface area contributed by atoms with E-state index in [9.17, 15) is 13.2 Å². The van der Waals surface area contributed by atoms with E-state index < -0.39 is 15.9 Å². The van der Waals surface area contributed by atoms with Gasteiger partial charge >= 0.3 is 0 Å². The lowest BCUT2D eigenvalue weighted by atomic mass is 10.1. The number of benzene rings is 2. The second kappa shape index (κ2) is 7.44. The third-order valence-corrected chi connectivity index (χ3v) is 5.78. The van der Waals surface area contributed by atoms with Gasteiger partial charge in [-0.15, -0.1) is 0 Å². The Bertz CT molecular complexity index is 980. The zero-order chi connectivity index (χ0) is 19.6. The summed E-state index contributed by atoms with van der Waals surface area (Å²) in [5, 5.41) is 1.16. The van der Waals surface area contributed by atoms with Crippen molar-refractivity contribution in [1.82, 2.24) is 0 Å². The van der Waals surface area contributed by atoms with Gasteiger partial charge in [-0.05, 0) is 37.3 Å². The van der Waals surface area contributed by atoms with Crippen LogP contribution in [0.5, 0.6) is 11.5 Å². The number of amides is 1. The fourth-order valence-corrected chi connectivity index (χ4v) is 4.25. The molecule has 27 heavy (non-hydrogen) atoms. The smallest absolute Gasteiger partial charge is 0.258 e. The Morgan fingerprint density at radius 1 is 1.07 bits per heavy atom. The maximum atomic E-state index is 13.3. The van der Waals surface area contributed by atoms with Gasteiger partial charge in [-0.25, -0.2) is 8.42 Å². The summed E-state index contributed by atoms with van der Waals surface area (Å²) in [7, 11) is -0.312. The molecule has 0 bridgehead atoms. The zero-order valence-corrected chi connectivity index (χ0v) is 16.2. The molecular formula is C20H21NO5S. The average Bonchev–Trinajstić information content (AvgIpc) is 3.02. The quantitative estimate of drug-likeness (QED) is 0.789. The average molecular weight is 387 g/mol. The highest BCUT2D eigenvalue weighted by Gasteiger charge is 2.33. The predicted octanol–water partition coefficient (Wildman–Crippen LogP) is 2.97. The number of hydrogen-bond donors (Lipinski definition) is 0. The number of anilines is 1. The van der Waals surface area contributed by atoms with Crippen LogP contribution in [-0.2, 0) is 9.84 Å². The van der Waals surface area contributed by atoms with E-state index in [1.807, 2.05) is 19.1 Å². The van der Waals surface area contributed by atoms with Gasteiger partial charge in [0, 0.05) is 17.0 Å². The summed E-state index contributed by atoms with van der Waals surface area (Å²) in [4.78, 5) is 14.7. The normalized spacial score (nSPS) is 17.5. The summed E-state index contributed by atoms with van der Waals surface area (Å²) in [6, 6.07) is 11.6. The molecule has 0 N–H and O–H groups in total. The van der Waals surface area contributed by atoms with Gasteiger partial charge in [-0.2, -0.15) is 0 Å². The van der Waals surface area contributed by atoms with Gasteiger partial charge in [-0.3, -0.25) is 9.69 Å². The Morgan fingerprint density at radius 2 is 1.78 bits per heavy atom. The van der Waals surface area contributed by atoms with Gasteiger partial charge in [0.1, 0.15) is 11.5 Å². The Hall–Kier alpha value is -2.80. The van der Waals surface area contributed by atoms with Crippen molar-refractivity contribution in [1.29, 1.82) is 0 Å². The molecule has 1 aliphatic heterocycles. The standard InChI is InChI=1S/C20H21NO5S/c1-14-4-6-15(7-5-14)20(22)21(16-10-11-27(23,24)13-16)18-9-8-17(25-2)12-19(18)26-3/h4-12,16H,13H2,1-3H3. The SMILES string of the molecule is COc1ccc(N(C(=O)c2ccc(C)cc2)C2C=CS(=O)(=O)C2)c(OC)c1. The molecule has 0 aromatic heterocycles. The molecule has 6 nitrogen and oxygen atoms in total. The van der Waals surface area contributed by atoms with Crippen LogP contribution in [0.25, 0.3) is 0 Å². The summed E-state index contributed by atoms with van der Waals surface area (Å²) < 4.78 is 34.6. The molecule has 0 radical (unpaired) electrons. The van der Waals surface area contributed by atoms with Crippen molar-refractivity contribution in [2.24, 2.45) is 0 Å². The second-order valence-corrected chi connectivity index (χ2v) is 8.24. The minimum Gasteiger partial charge on any atom is -0.497 e. The number of carbonyl (C=O) groups excluding carboxylic acids is 1. The molecule has 1 atom stereocenters. The molecule has 0 spiro atoms. The number of ether oxygens (including phenoxy) is 2. The third-order valence-electron chi connectivity index (χ3n) is 4.41. The Labute approximate surface area is 158 Å². The number of hydrogen-bond acceptors (Lipinski definition) is 5. The molecule has 2 aromatic rings. The van der Waals surface area contributed by atoms with Gasteiger partial charge in [0.05, 0.1) is 31.7 Å². The molecule has 142 valence electrons. The molecule has 1 unspecified atom stereocenters. The minimum atomic E-state index is -3.34. The van der Waals surface area contributed by atoms with Crippen LogP contribution in [0, 0.1) is 6.92 Å². The van der Waals surface area contributed by atoms with Gasteiger partial charge in [0.15, 0.2) is 9.84 Å². The first-order valence-electron chi connectivity index (χ1n) is 8.38. The predicted molar refractivity (Wildman–Crippen MR) is 104 cm³/mol. The maximum absolute atomic E-state index is 13.3. The van der Waals surface area contributed by atoms with E-state index in [0.717, 1.165) is 11.0 Å². The van der Waals surface area contributed by atoms with Gasteiger partial charge in [0.25, 0.3) is 5.91 Å². The Morgan fingerprint density at radius 3 is 2.33 bits per heavy atom. The lowest BCUT2D eigenvalue weighted by molar-refractivity contribution is 0.0982. The first kappa shape index (κ1) is 19.0. The van der Waals surface area contributed by atoms with Crippen molar-refractivity contribution < 1.29 is 22.7 Å². The van der Waals surface area contributed by atoms with Crippen molar-refractivity contribution in [2.45, 2.75) is 13.0 Å². The Balaban J connectivity index is 2.09. The van der Waals surface area contributed by atoms with Crippen LogP contribution in [0.4, 0.5) is 5.69 Å². The first-order valence-corrected chi connectivity index (χ1v) is 10.1. The summed E-state index contributed by atoms with van der Waals surface area (Å²) in [5.74, 6) is 0.533. The number of rotatable bonds is 5. The third kappa shape index (κ3) is 3.98. The Kier molecular flexibility index (Phi) is 5.23. The fraction of sp³-hybridized carbons (Fsp3) is 0.250. The van der Waals surface area contributed by atoms with Crippen molar-refractivity contribution in [2.75, 3.05) is 24.9 Å². The van der Waals surface area contributed by atoms with Crippen LogP contribution < -0.4 is 14.4 Å². The van der Waals surface area contributed by atoms with Gasteiger partial charge in [-0.1, -0.05) is 17.7 Å². The minimum absolute atomic E-state index is 0.167. The van der Waals surface area contributed by atoms with Crippen molar-refractivity contribution in [3.05, 3.63) is 65.1 Å². The van der Waals surface area contributed by atoms with Crippen molar-refractivity contribution >= 4 is 21.4 Å². The van der Waals surface area contributed by atoms with Gasteiger partial charge in [0.2, 0.25) is 0 Å². The molecular weight excluding hydrogens is 366 g/mol. The molecule has 1 amide bonds. The number of nitrogens with zero attached hydrogens (tertiary/aromatic N) is 1. The van der Waals surface area contributed by atoms with Crippen LogP contribution >= 0.6 is 0 Å². The number of carbonyl (C=O) groups is 1. The second-order valence-electron chi connectivity index (χ2n) is 6.30. The highest BCUT2D eigenvalue weighted by molar-refractivity contribution is 7.94. The fourth-order valence-electron chi connectivity index (χ4n) is 2.98. The maximum Gasteiger partial charge on any atom is 0.258 e. The van der Waals surface area contributed by atoms with E-state index in [0.29, 0.717) is 22.7 Å². The largest absolute Gasteiger partial charge is 0.497 e. The van der Waals surface area contributed by atoms with Crippen LogP contribution in [0.15, 0.2) is 53.9 Å². The summed E-state index contributed by atoms with van der Waals surface area (Å²) >= 11 is 0. The molecule has 1 aliphatic rings. The highest BCUT2D eigenvalue weighted by Crippen LogP contribution is 2.35. The van der Waals surface area contributed by atoms with Crippen molar-refractivity contribution in [3.8, 4) is 11.5 Å². The monoisotopic (exact) mass is 387 g/mol. The van der Waals surface area contributed by atoms with Crippen LogP contribution in [0.2, 0.25) is 0 Å². The molecule has 7 heteroatoms. The summed E-state index contributed by atoms with van der Waals surface area (Å²) in [5.41, 5.74) is 1.98. The van der Waals surface area contributed by atoms with Crippen molar-refractivity contribution in [3.63, 3.8) is 0 Å². The van der Waals surface area contributed by atoms with E-state index >= 15 is 0 Å². The van der Waals surface area contributed by atoms with E-state index in [1.54, 1.807) is 30.3 Å². The number of sulfone groups is 1. The molecule has 0 saturated carbocycles. The molecule has 3 rings (SSSR count). The molecule has 2 aromatic carbocycles. The molecule has 0 fully saturated rings. The van der Waals surface area contributed by atoms with Crippen LogP contribution in [0.1, 0.15) is 15.9 Å². The molecule has 1 heterocycles. The lowest BCUT2D eigenvalue weighted by Gasteiger charge is -2.29. The number of methoxy groups -OCH3 is 2. The molecule has 0 saturated heterocycles. The van der Waals surface area contributed by atoms with Crippen LogP contribution in [-0.4, -0.2) is 40.3 Å². The summed E-state index contributed by atoms with van der Waals surface area (Å²) in [6.45, 7) is 1.94. The van der Waals surface area contributed by atoms with Gasteiger partial charge < -0.3 is 9.47 Å².